The second-order valence-corrected chi connectivity index (χ2v) is 5.95. The van der Waals surface area contributed by atoms with Gasteiger partial charge in [0.2, 0.25) is 5.95 Å². The predicted octanol–water partition coefficient (Wildman–Crippen LogP) is 0.425. The molecule has 1 saturated heterocycles. The van der Waals surface area contributed by atoms with Crippen LogP contribution in [0.25, 0.3) is 0 Å². The number of hydrogen-bond acceptors (Lipinski definition) is 7. The normalized spacial score (nSPS) is 14.2. The third-order valence-corrected chi connectivity index (χ3v) is 4.03. The first-order chi connectivity index (χ1) is 13.1. The number of primary amides is 1. The van der Waals surface area contributed by atoms with Gasteiger partial charge in [-0.2, -0.15) is 0 Å². The van der Waals surface area contributed by atoms with Gasteiger partial charge in [-0.1, -0.05) is 24.1 Å². The number of anilines is 1. The molecule has 1 aliphatic rings. The number of carbonyl (C=O) groups is 1. The Morgan fingerprint density at radius 2 is 1.96 bits per heavy atom. The van der Waals surface area contributed by atoms with Crippen LogP contribution in [0.15, 0.2) is 30.3 Å². The number of aromatic nitrogens is 2. The van der Waals surface area contributed by atoms with E-state index in [1.54, 1.807) is 0 Å². The first-order valence-electron chi connectivity index (χ1n) is 8.65. The van der Waals surface area contributed by atoms with E-state index >= 15 is 0 Å². The van der Waals surface area contributed by atoms with Crippen LogP contribution in [0, 0.1) is 11.8 Å². The predicted molar refractivity (Wildman–Crippen MR) is 100 cm³/mol. The van der Waals surface area contributed by atoms with Gasteiger partial charge in [0.15, 0.2) is 17.1 Å². The van der Waals surface area contributed by atoms with Crippen LogP contribution in [0.5, 0.6) is 5.75 Å². The lowest BCUT2D eigenvalue weighted by Gasteiger charge is -2.26. The zero-order chi connectivity index (χ0) is 19.1. The minimum atomic E-state index is -0.839. The number of nitrogens with zero attached hydrogens (tertiary/aromatic N) is 3. The number of ether oxygens (including phenoxy) is 1. The first-order valence-corrected chi connectivity index (χ1v) is 8.65. The molecule has 1 aromatic carbocycles. The topological polar surface area (TPSA) is 114 Å². The van der Waals surface area contributed by atoms with Gasteiger partial charge in [-0.05, 0) is 18.1 Å². The van der Waals surface area contributed by atoms with Crippen LogP contribution in [-0.2, 0) is 4.74 Å². The van der Waals surface area contributed by atoms with Crippen molar-refractivity contribution >= 4 is 11.9 Å². The maximum Gasteiger partial charge on any atom is 0.271 e. The number of morpholine rings is 1. The molecule has 0 saturated carbocycles. The molecule has 3 rings (SSSR count). The van der Waals surface area contributed by atoms with E-state index in [-0.39, 0.29) is 17.3 Å². The summed E-state index contributed by atoms with van der Waals surface area (Å²) in [6.07, 6.45) is 0. The zero-order valence-corrected chi connectivity index (χ0v) is 14.8. The van der Waals surface area contributed by atoms with Gasteiger partial charge in [0.1, 0.15) is 0 Å². The zero-order valence-electron chi connectivity index (χ0n) is 14.8. The number of rotatable bonds is 5. The van der Waals surface area contributed by atoms with Crippen molar-refractivity contribution in [2.75, 3.05) is 44.7 Å². The summed E-state index contributed by atoms with van der Waals surface area (Å²) in [5, 5.41) is 13.3. The van der Waals surface area contributed by atoms with E-state index in [9.17, 15) is 9.90 Å². The molecular formula is C19H21N5O3. The molecule has 2 aromatic rings. The lowest BCUT2D eigenvalue weighted by Crippen LogP contribution is -2.39. The van der Waals surface area contributed by atoms with Crippen molar-refractivity contribution in [2.24, 2.45) is 5.73 Å². The Morgan fingerprint density at radius 3 is 2.67 bits per heavy atom. The molecule has 1 aromatic heterocycles. The van der Waals surface area contributed by atoms with Crippen molar-refractivity contribution in [3.05, 3.63) is 47.3 Å². The highest BCUT2D eigenvalue weighted by molar-refractivity contribution is 5.94. The highest BCUT2D eigenvalue weighted by atomic mass is 16.5. The third kappa shape index (κ3) is 5.17. The number of nitrogens with two attached hydrogens (primary N) is 1. The SMILES string of the molecule is NC(=O)c1nc(NCCN2CCOCC2)nc(C#Cc2ccccc2)c1O. The van der Waals surface area contributed by atoms with Gasteiger partial charge in [0, 0.05) is 31.7 Å². The van der Waals surface area contributed by atoms with Crippen molar-refractivity contribution in [1.29, 1.82) is 0 Å². The van der Waals surface area contributed by atoms with Crippen LogP contribution in [-0.4, -0.2) is 65.3 Å². The number of amides is 1. The summed E-state index contributed by atoms with van der Waals surface area (Å²) in [6.45, 7) is 4.55. The van der Waals surface area contributed by atoms with E-state index in [1.165, 1.54) is 0 Å². The second kappa shape index (κ2) is 8.98. The number of benzene rings is 1. The van der Waals surface area contributed by atoms with Gasteiger partial charge >= 0.3 is 0 Å². The summed E-state index contributed by atoms with van der Waals surface area (Å²) in [7, 11) is 0. The van der Waals surface area contributed by atoms with E-state index in [2.05, 4.69) is 32.0 Å². The maximum absolute atomic E-state index is 11.6. The summed E-state index contributed by atoms with van der Waals surface area (Å²) in [4.78, 5) is 22.1. The molecule has 0 bridgehead atoms. The van der Waals surface area contributed by atoms with Crippen molar-refractivity contribution in [3.8, 4) is 17.6 Å². The van der Waals surface area contributed by atoms with Crippen molar-refractivity contribution in [1.82, 2.24) is 14.9 Å². The van der Waals surface area contributed by atoms with Crippen LogP contribution in [0.3, 0.4) is 0 Å². The third-order valence-electron chi connectivity index (χ3n) is 4.03. The van der Waals surface area contributed by atoms with Crippen LogP contribution in [0.4, 0.5) is 5.95 Å². The Morgan fingerprint density at radius 1 is 1.22 bits per heavy atom. The fraction of sp³-hybridized carbons (Fsp3) is 0.316. The molecule has 0 atom stereocenters. The highest BCUT2D eigenvalue weighted by Gasteiger charge is 2.17. The summed E-state index contributed by atoms with van der Waals surface area (Å²) in [6, 6.07) is 9.27. The van der Waals surface area contributed by atoms with Crippen LogP contribution >= 0.6 is 0 Å². The quantitative estimate of drug-likeness (QED) is 0.657. The van der Waals surface area contributed by atoms with E-state index in [4.69, 9.17) is 10.5 Å². The number of aromatic hydroxyl groups is 1. The molecule has 27 heavy (non-hydrogen) atoms. The van der Waals surface area contributed by atoms with E-state index in [0.717, 1.165) is 38.4 Å². The monoisotopic (exact) mass is 367 g/mol. The molecular weight excluding hydrogens is 346 g/mol. The van der Waals surface area contributed by atoms with Gasteiger partial charge in [-0.3, -0.25) is 9.69 Å². The number of hydrogen-bond donors (Lipinski definition) is 3. The molecule has 0 aliphatic carbocycles. The molecule has 1 aliphatic heterocycles. The first kappa shape index (κ1) is 18.6. The molecule has 8 heteroatoms. The molecule has 0 spiro atoms. The number of carbonyl (C=O) groups excluding carboxylic acids is 1. The minimum absolute atomic E-state index is 0.0523. The molecule has 1 amide bonds. The van der Waals surface area contributed by atoms with Crippen LogP contribution in [0.1, 0.15) is 21.7 Å². The minimum Gasteiger partial charge on any atom is -0.503 e. The van der Waals surface area contributed by atoms with Gasteiger partial charge in [-0.25, -0.2) is 9.97 Å². The van der Waals surface area contributed by atoms with Crippen molar-refractivity contribution < 1.29 is 14.6 Å². The van der Waals surface area contributed by atoms with E-state index < -0.39 is 11.7 Å². The summed E-state index contributed by atoms with van der Waals surface area (Å²) >= 11 is 0. The van der Waals surface area contributed by atoms with Gasteiger partial charge in [0.25, 0.3) is 5.91 Å². The van der Waals surface area contributed by atoms with Crippen molar-refractivity contribution in [2.45, 2.75) is 0 Å². The Bertz CT molecular complexity index is 855. The second-order valence-electron chi connectivity index (χ2n) is 5.95. The molecule has 8 nitrogen and oxygen atoms in total. The van der Waals surface area contributed by atoms with E-state index in [1.807, 2.05) is 30.3 Å². The van der Waals surface area contributed by atoms with Crippen molar-refractivity contribution in [3.63, 3.8) is 0 Å². The molecule has 140 valence electrons. The molecule has 0 unspecified atom stereocenters. The highest BCUT2D eigenvalue weighted by Crippen LogP contribution is 2.20. The number of nitrogens with one attached hydrogen (secondary N) is 1. The molecule has 2 heterocycles. The Balaban J connectivity index is 1.76. The summed E-state index contributed by atoms with van der Waals surface area (Å²) in [5.74, 6) is 4.63. The Kier molecular flexibility index (Phi) is 6.20. The smallest absolute Gasteiger partial charge is 0.271 e. The Labute approximate surface area is 157 Å². The van der Waals surface area contributed by atoms with Gasteiger partial charge in [-0.15, -0.1) is 0 Å². The lowest BCUT2D eigenvalue weighted by atomic mass is 10.2. The fourth-order valence-electron chi connectivity index (χ4n) is 2.60. The van der Waals surface area contributed by atoms with E-state index in [0.29, 0.717) is 6.54 Å². The van der Waals surface area contributed by atoms with Gasteiger partial charge in [0.05, 0.1) is 13.2 Å². The maximum atomic E-state index is 11.6. The largest absolute Gasteiger partial charge is 0.503 e. The average molecular weight is 367 g/mol. The molecule has 0 radical (unpaired) electrons. The van der Waals surface area contributed by atoms with Crippen LogP contribution in [0.2, 0.25) is 0 Å². The molecule has 1 fully saturated rings. The average Bonchev–Trinajstić information content (AvgIpc) is 2.69. The fourth-order valence-corrected chi connectivity index (χ4v) is 2.60. The Hall–Kier alpha value is -3.15. The summed E-state index contributed by atoms with van der Waals surface area (Å²) < 4.78 is 5.32. The standard InChI is InChI=1S/C19H21N5O3/c20-18(26)16-17(25)15(7-6-14-4-2-1-3-5-14)22-19(23-16)21-8-9-24-10-12-27-13-11-24/h1-5,25H,8-13H2,(H2,20,26)(H,21,22,23). The van der Waals surface area contributed by atoms with Gasteiger partial charge < -0.3 is 20.9 Å². The molecule has 4 N–H and O–H groups in total. The van der Waals surface area contributed by atoms with Crippen LogP contribution < -0.4 is 11.1 Å². The summed E-state index contributed by atoms with van der Waals surface area (Å²) in [5.41, 5.74) is 5.88. The lowest BCUT2D eigenvalue weighted by molar-refractivity contribution is 0.0398.